The van der Waals surface area contributed by atoms with Crippen molar-refractivity contribution >= 4 is 22.1 Å². The number of unbranched alkanes of at least 4 members (excludes halogenated alkanes) is 2. The molecule has 67 heavy (non-hydrogen) atoms. The summed E-state index contributed by atoms with van der Waals surface area (Å²) in [5, 5.41) is 0. The highest BCUT2D eigenvalue weighted by Crippen LogP contribution is 2.31. The van der Waals surface area contributed by atoms with E-state index in [9.17, 15) is 9.59 Å². The van der Waals surface area contributed by atoms with Crippen LogP contribution in [0.2, 0.25) is 0 Å². The van der Waals surface area contributed by atoms with Crippen molar-refractivity contribution in [2.75, 3.05) is 65.4 Å². The van der Waals surface area contributed by atoms with Crippen LogP contribution in [-0.2, 0) is 13.1 Å². The molecule has 0 radical (unpaired) electrons. The second-order valence-corrected chi connectivity index (χ2v) is 17.8. The van der Waals surface area contributed by atoms with E-state index >= 15 is 0 Å². The van der Waals surface area contributed by atoms with Crippen molar-refractivity contribution < 1.29 is 5.48 Å². The van der Waals surface area contributed by atoms with Crippen LogP contribution in [0.4, 0.5) is 0 Å². The molecule has 4 N–H and O–H groups in total. The largest absolute Gasteiger partial charge is 0.412 e. The number of hydrogen-bond donors (Lipinski definition) is 2. The number of imidazole rings is 2. The number of rotatable bonds is 16. The molecular weight excluding hydrogens is 833 g/mol. The Balaban J connectivity index is 0.000000179. The molecule has 2 aromatic heterocycles. The van der Waals surface area contributed by atoms with Gasteiger partial charge in [-0.2, -0.15) is 0 Å². The fourth-order valence-electron chi connectivity index (χ4n) is 10.1. The molecule has 2 aliphatic heterocycles. The van der Waals surface area contributed by atoms with Gasteiger partial charge in [0.2, 0.25) is 0 Å². The minimum absolute atomic E-state index is 0. The van der Waals surface area contributed by atoms with Gasteiger partial charge in [-0.3, -0.25) is 18.9 Å². The van der Waals surface area contributed by atoms with Crippen molar-refractivity contribution in [2.24, 2.45) is 0 Å². The summed E-state index contributed by atoms with van der Waals surface area (Å²) in [5.74, 6) is 0. The maximum absolute atomic E-state index is 12.3. The van der Waals surface area contributed by atoms with Crippen LogP contribution >= 0.6 is 0 Å². The quantitative estimate of drug-likeness (QED) is 0.0945. The lowest BCUT2D eigenvalue weighted by Gasteiger charge is -2.39. The topological polar surface area (TPSA) is 120 Å². The first-order chi connectivity index (χ1) is 32.6. The van der Waals surface area contributed by atoms with Gasteiger partial charge in [-0.05, 0) is 85.3 Å². The van der Waals surface area contributed by atoms with E-state index in [1.54, 1.807) is 0 Å². The van der Waals surface area contributed by atoms with Crippen molar-refractivity contribution in [1.29, 1.82) is 0 Å². The Bertz CT molecular complexity index is 2530. The van der Waals surface area contributed by atoms with Crippen molar-refractivity contribution in [2.45, 2.75) is 50.9 Å². The number of fused-ring (bicyclic) bond motifs is 2. The van der Waals surface area contributed by atoms with Gasteiger partial charge in [0.25, 0.3) is 0 Å². The third-order valence-corrected chi connectivity index (χ3v) is 13.6. The first-order valence-corrected chi connectivity index (χ1v) is 24.1. The smallest absolute Gasteiger partial charge is 0.326 e. The van der Waals surface area contributed by atoms with Crippen LogP contribution < -0.4 is 11.4 Å². The molecule has 0 amide bonds. The summed E-state index contributed by atoms with van der Waals surface area (Å²) in [6, 6.07) is 59.9. The number of hydrogen-bond acceptors (Lipinski definition) is 6. The molecule has 4 heterocycles. The molecule has 11 nitrogen and oxygen atoms in total. The molecule has 6 aromatic carbocycles. The van der Waals surface area contributed by atoms with Crippen LogP contribution in [0.15, 0.2) is 179 Å². The van der Waals surface area contributed by atoms with Gasteiger partial charge in [0.05, 0.1) is 34.2 Å². The van der Waals surface area contributed by atoms with Gasteiger partial charge in [0.15, 0.2) is 0 Å². The third-order valence-electron chi connectivity index (χ3n) is 13.6. The van der Waals surface area contributed by atoms with E-state index in [4.69, 9.17) is 0 Å². The Morgan fingerprint density at radius 3 is 0.970 bits per heavy atom. The van der Waals surface area contributed by atoms with Gasteiger partial charge in [-0.25, -0.2) is 9.59 Å². The molecule has 2 fully saturated rings. The van der Waals surface area contributed by atoms with Crippen LogP contribution in [0.5, 0.6) is 0 Å². The monoisotopic (exact) mass is 899 g/mol. The summed E-state index contributed by atoms with van der Waals surface area (Å²) < 4.78 is 3.75. The molecular formula is C56H66N8O3. The highest BCUT2D eigenvalue weighted by atomic mass is 16.1. The van der Waals surface area contributed by atoms with Crippen LogP contribution in [0.3, 0.4) is 0 Å². The molecule has 0 bridgehead atoms. The molecule has 0 aliphatic carbocycles. The van der Waals surface area contributed by atoms with Crippen molar-refractivity contribution in [3.05, 3.63) is 213 Å². The summed E-state index contributed by atoms with van der Waals surface area (Å²) in [5.41, 5.74) is 9.30. The highest BCUT2D eigenvalue weighted by molar-refractivity contribution is 5.75. The molecule has 2 saturated heterocycles. The van der Waals surface area contributed by atoms with Gasteiger partial charge < -0.3 is 25.2 Å². The zero-order valence-electron chi connectivity index (χ0n) is 38.6. The molecule has 11 heteroatoms. The Kier molecular flexibility index (Phi) is 16.5. The van der Waals surface area contributed by atoms with E-state index in [0.717, 1.165) is 126 Å². The third kappa shape index (κ3) is 11.8. The van der Waals surface area contributed by atoms with E-state index in [2.05, 4.69) is 151 Å². The fraction of sp³-hybridized carbons (Fsp3) is 0.321. The van der Waals surface area contributed by atoms with Crippen LogP contribution in [-0.4, -0.2) is 110 Å². The Hall–Kier alpha value is -6.34. The number of aromatic amines is 2. The predicted octanol–water partition coefficient (Wildman–Crippen LogP) is 8.21. The summed E-state index contributed by atoms with van der Waals surface area (Å²) >= 11 is 0. The molecule has 0 saturated carbocycles. The van der Waals surface area contributed by atoms with Crippen LogP contribution in [0.1, 0.15) is 60.0 Å². The summed E-state index contributed by atoms with van der Waals surface area (Å²) in [7, 11) is 0. The average molecular weight is 899 g/mol. The number of para-hydroxylation sites is 4. The molecule has 10 rings (SSSR count). The lowest BCUT2D eigenvalue weighted by atomic mass is 9.96. The number of nitrogens with one attached hydrogen (secondary N) is 2. The van der Waals surface area contributed by atoms with Gasteiger partial charge in [-0.1, -0.05) is 146 Å². The second-order valence-electron chi connectivity index (χ2n) is 17.8. The van der Waals surface area contributed by atoms with Crippen LogP contribution in [0.25, 0.3) is 22.1 Å². The minimum atomic E-state index is -0.00215. The first kappa shape index (κ1) is 47.2. The standard InChI is InChI=1S/2C28H32N4O.H2O/c2*33-28-29-25-15-7-8-16-26(25)32(28)18-10-9-17-30-19-21-31(22-20-30)27(23-11-3-1-4-12-23)24-13-5-2-6-14-24;/h2*1-8,11-16,27H,9-10,17-22H2,(H,29,33);1H2. The minimum Gasteiger partial charge on any atom is -0.412 e. The second kappa shape index (κ2) is 23.4. The Morgan fingerprint density at radius 2 is 0.642 bits per heavy atom. The Morgan fingerprint density at radius 1 is 0.358 bits per heavy atom. The van der Waals surface area contributed by atoms with Crippen molar-refractivity contribution in [3.63, 3.8) is 0 Å². The van der Waals surface area contributed by atoms with Crippen LogP contribution in [0, 0.1) is 0 Å². The number of benzene rings is 6. The maximum Gasteiger partial charge on any atom is 0.326 e. The molecule has 0 unspecified atom stereocenters. The maximum atomic E-state index is 12.3. The van der Waals surface area contributed by atoms with E-state index in [0.29, 0.717) is 12.1 Å². The molecule has 8 aromatic rings. The number of nitrogens with zero attached hydrogens (tertiary/aromatic N) is 6. The lowest BCUT2D eigenvalue weighted by molar-refractivity contribution is 0.108. The van der Waals surface area contributed by atoms with Crippen molar-refractivity contribution in [3.8, 4) is 0 Å². The molecule has 2 aliphatic rings. The van der Waals surface area contributed by atoms with Crippen molar-refractivity contribution in [1.82, 2.24) is 38.7 Å². The summed E-state index contributed by atoms with van der Waals surface area (Å²) in [6.45, 7) is 12.3. The average Bonchev–Trinajstić information content (AvgIpc) is 3.88. The summed E-state index contributed by atoms with van der Waals surface area (Å²) in [4.78, 5) is 40.8. The van der Waals surface area contributed by atoms with Gasteiger partial charge in [0, 0.05) is 65.4 Å². The zero-order chi connectivity index (χ0) is 44.9. The number of H-pyrrole nitrogens is 2. The Labute approximate surface area is 394 Å². The van der Waals surface area contributed by atoms with Gasteiger partial charge in [0.1, 0.15) is 0 Å². The number of piperazine rings is 2. The van der Waals surface area contributed by atoms with E-state index in [-0.39, 0.29) is 16.9 Å². The number of aryl methyl sites for hydroxylation is 2. The zero-order valence-corrected chi connectivity index (χ0v) is 38.6. The molecule has 0 spiro atoms. The SMILES string of the molecule is O.O=c1[nH]c2ccccc2n1CCCCN1CCN(C(c2ccccc2)c2ccccc2)CC1.O=c1[nH]c2ccccc2n1CCCCN1CCN(C(c2ccccc2)c2ccccc2)CC1. The normalized spacial score (nSPS) is 15.2. The number of aromatic nitrogens is 4. The van der Waals surface area contributed by atoms with E-state index in [1.807, 2.05) is 57.7 Å². The summed E-state index contributed by atoms with van der Waals surface area (Å²) in [6.07, 6.45) is 4.23. The molecule has 348 valence electrons. The highest BCUT2D eigenvalue weighted by Gasteiger charge is 2.27. The first-order valence-electron chi connectivity index (χ1n) is 24.1. The fourth-order valence-corrected chi connectivity index (χ4v) is 10.1. The molecule has 0 atom stereocenters. The van der Waals surface area contributed by atoms with E-state index < -0.39 is 0 Å². The van der Waals surface area contributed by atoms with E-state index in [1.165, 1.54) is 22.3 Å². The van der Waals surface area contributed by atoms with Gasteiger partial charge >= 0.3 is 11.4 Å². The van der Waals surface area contributed by atoms with Gasteiger partial charge in [-0.15, -0.1) is 0 Å². The predicted molar refractivity (Wildman–Crippen MR) is 273 cm³/mol. The lowest BCUT2D eigenvalue weighted by Crippen LogP contribution is -2.48.